The summed E-state index contributed by atoms with van der Waals surface area (Å²) in [6, 6.07) is 11.4. The molecule has 6 nitrogen and oxygen atoms in total. The highest BCUT2D eigenvalue weighted by Crippen LogP contribution is 2.42. The Hall–Kier alpha value is -2.99. The largest absolute Gasteiger partial charge is 0.493 e. The van der Waals surface area contributed by atoms with Crippen molar-refractivity contribution in [3.05, 3.63) is 63.0 Å². The molecule has 1 N–H and O–H groups in total. The summed E-state index contributed by atoms with van der Waals surface area (Å²) in [5.41, 5.74) is 4.25. The highest BCUT2D eigenvalue weighted by Gasteiger charge is 2.26. The second-order valence-corrected chi connectivity index (χ2v) is 7.56. The number of hydrogen-bond donors (Lipinski definition) is 1. The Bertz CT molecular complexity index is 1160. The monoisotopic (exact) mass is 411 g/mol. The fourth-order valence-electron chi connectivity index (χ4n) is 3.75. The van der Waals surface area contributed by atoms with Gasteiger partial charge in [0.2, 0.25) is 0 Å². The number of methoxy groups -OCH3 is 2. The summed E-state index contributed by atoms with van der Waals surface area (Å²) in [5.74, 6) is 1.92. The van der Waals surface area contributed by atoms with Gasteiger partial charge in [0.15, 0.2) is 11.5 Å². The smallest absolute Gasteiger partial charge is 0.350 e. The molecule has 0 amide bonds. The predicted octanol–water partition coefficient (Wildman–Crippen LogP) is 4.75. The SMILES string of the molecule is COc1cc2c(cc1OC)C(C)Cn1c-2cc(Nc2cccc(Cl)c2C)nc1=O. The van der Waals surface area contributed by atoms with E-state index < -0.39 is 0 Å². The van der Waals surface area contributed by atoms with E-state index in [1.54, 1.807) is 18.8 Å². The van der Waals surface area contributed by atoms with Crippen LogP contribution in [0, 0.1) is 6.92 Å². The lowest BCUT2D eigenvalue weighted by molar-refractivity contribution is 0.354. The second-order valence-electron chi connectivity index (χ2n) is 7.15. The third-order valence-corrected chi connectivity index (χ3v) is 5.77. The molecule has 3 aromatic rings. The Morgan fingerprint density at radius 1 is 1.17 bits per heavy atom. The number of hydrogen-bond acceptors (Lipinski definition) is 5. The number of nitrogens with one attached hydrogen (secondary N) is 1. The zero-order valence-electron chi connectivity index (χ0n) is 16.7. The lowest BCUT2D eigenvalue weighted by Gasteiger charge is -2.28. The van der Waals surface area contributed by atoms with Crippen LogP contribution in [0.3, 0.4) is 0 Å². The average Bonchev–Trinajstić information content (AvgIpc) is 2.71. The van der Waals surface area contributed by atoms with Gasteiger partial charge in [-0.05, 0) is 42.3 Å². The first-order chi connectivity index (χ1) is 13.9. The van der Waals surface area contributed by atoms with E-state index in [0.717, 1.165) is 28.1 Å². The zero-order chi connectivity index (χ0) is 20.7. The molecule has 0 spiro atoms. The van der Waals surface area contributed by atoms with Crippen LogP contribution in [0.4, 0.5) is 11.5 Å². The minimum atomic E-state index is -0.294. The molecule has 1 atom stereocenters. The van der Waals surface area contributed by atoms with Crippen molar-refractivity contribution in [3.8, 4) is 22.8 Å². The van der Waals surface area contributed by atoms with Crippen molar-refractivity contribution in [3.63, 3.8) is 0 Å². The third kappa shape index (κ3) is 3.34. The zero-order valence-corrected chi connectivity index (χ0v) is 17.5. The number of aromatic nitrogens is 2. The second kappa shape index (κ2) is 7.44. The van der Waals surface area contributed by atoms with Crippen LogP contribution in [-0.2, 0) is 6.54 Å². The maximum Gasteiger partial charge on any atom is 0.350 e. The molecule has 1 aliphatic rings. The van der Waals surface area contributed by atoms with Crippen LogP contribution in [0.5, 0.6) is 11.5 Å². The number of benzene rings is 2. The average molecular weight is 412 g/mol. The third-order valence-electron chi connectivity index (χ3n) is 5.36. The maximum absolute atomic E-state index is 12.8. The van der Waals surface area contributed by atoms with Crippen LogP contribution >= 0.6 is 11.6 Å². The van der Waals surface area contributed by atoms with E-state index in [4.69, 9.17) is 21.1 Å². The van der Waals surface area contributed by atoms with Crippen molar-refractivity contribution >= 4 is 23.1 Å². The first kappa shape index (κ1) is 19.3. The summed E-state index contributed by atoms with van der Waals surface area (Å²) in [7, 11) is 3.22. The molecule has 0 fully saturated rings. The van der Waals surface area contributed by atoms with Crippen LogP contribution < -0.4 is 20.5 Å². The van der Waals surface area contributed by atoms with Crippen LogP contribution in [0.15, 0.2) is 41.2 Å². The summed E-state index contributed by atoms with van der Waals surface area (Å²) in [5, 5.41) is 3.89. The van der Waals surface area contributed by atoms with Crippen LogP contribution in [-0.4, -0.2) is 23.8 Å². The first-order valence-electron chi connectivity index (χ1n) is 9.33. The van der Waals surface area contributed by atoms with Crippen LogP contribution in [0.25, 0.3) is 11.3 Å². The lowest BCUT2D eigenvalue weighted by atomic mass is 9.89. The molecule has 2 aromatic carbocycles. The van der Waals surface area contributed by atoms with E-state index in [1.165, 1.54) is 0 Å². The van der Waals surface area contributed by atoms with Gasteiger partial charge in [0.05, 0.1) is 19.9 Å². The number of nitrogens with zero attached hydrogens (tertiary/aromatic N) is 2. The molecule has 1 aliphatic heterocycles. The minimum Gasteiger partial charge on any atom is -0.493 e. The summed E-state index contributed by atoms with van der Waals surface area (Å²) in [6.45, 7) is 4.56. The molecule has 0 saturated carbocycles. The Morgan fingerprint density at radius 2 is 1.90 bits per heavy atom. The van der Waals surface area contributed by atoms with Gasteiger partial charge in [0.1, 0.15) is 5.82 Å². The molecule has 1 aromatic heterocycles. The topological polar surface area (TPSA) is 65.4 Å². The highest BCUT2D eigenvalue weighted by atomic mass is 35.5. The predicted molar refractivity (Wildman–Crippen MR) is 115 cm³/mol. The fourth-order valence-corrected chi connectivity index (χ4v) is 3.92. The number of anilines is 2. The minimum absolute atomic E-state index is 0.144. The lowest BCUT2D eigenvalue weighted by Crippen LogP contribution is -2.30. The van der Waals surface area contributed by atoms with Crippen LogP contribution in [0.1, 0.15) is 24.0 Å². The van der Waals surface area contributed by atoms with Gasteiger partial charge in [0, 0.05) is 34.8 Å². The number of halogens is 1. The van der Waals surface area contributed by atoms with Gasteiger partial charge in [-0.15, -0.1) is 0 Å². The Morgan fingerprint density at radius 3 is 2.62 bits per heavy atom. The van der Waals surface area contributed by atoms with Crippen molar-refractivity contribution in [1.82, 2.24) is 9.55 Å². The van der Waals surface area contributed by atoms with Crippen LogP contribution in [0.2, 0.25) is 5.02 Å². The van der Waals surface area contributed by atoms with Crippen molar-refractivity contribution in [1.29, 1.82) is 0 Å². The molecule has 0 radical (unpaired) electrons. The Labute approximate surface area is 174 Å². The van der Waals surface area contributed by atoms with E-state index in [-0.39, 0.29) is 11.6 Å². The quantitative estimate of drug-likeness (QED) is 0.671. The number of fused-ring (bicyclic) bond motifs is 3. The summed E-state index contributed by atoms with van der Waals surface area (Å²) in [4.78, 5) is 17.0. The maximum atomic E-state index is 12.8. The van der Waals surface area contributed by atoms with Gasteiger partial charge >= 0.3 is 5.69 Å². The summed E-state index contributed by atoms with van der Waals surface area (Å²) >= 11 is 6.22. The molecule has 2 heterocycles. The molecule has 7 heteroatoms. The van der Waals surface area contributed by atoms with Crippen molar-refractivity contribution in [2.45, 2.75) is 26.3 Å². The number of ether oxygens (including phenoxy) is 2. The van der Waals surface area contributed by atoms with Gasteiger partial charge in [-0.25, -0.2) is 4.79 Å². The van der Waals surface area contributed by atoms with Crippen molar-refractivity contribution < 1.29 is 9.47 Å². The van der Waals surface area contributed by atoms with Crippen molar-refractivity contribution in [2.24, 2.45) is 0 Å². The molecule has 0 bridgehead atoms. The summed E-state index contributed by atoms with van der Waals surface area (Å²) in [6.07, 6.45) is 0. The molecule has 4 rings (SSSR count). The molecule has 1 unspecified atom stereocenters. The van der Waals surface area contributed by atoms with E-state index in [0.29, 0.717) is 28.9 Å². The van der Waals surface area contributed by atoms with E-state index in [2.05, 4.69) is 17.2 Å². The highest BCUT2D eigenvalue weighted by molar-refractivity contribution is 6.31. The van der Waals surface area contributed by atoms with E-state index >= 15 is 0 Å². The van der Waals surface area contributed by atoms with Gasteiger partial charge in [-0.1, -0.05) is 24.6 Å². The molecule has 0 saturated heterocycles. The van der Waals surface area contributed by atoms with Gasteiger partial charge in [-0.3, -0.25) is 4.57 Å². The molecular formula is C22H22ClN3O3. The number of rotatable bonds is 4. The van der Waals surface area contributed by atoms with E-state index in [9.17, 15) is 4.79 Å². The normalized spacial score (nSPS) is 14.7. The molecule has 150 valence electrons. The summed E-state index contributed by atoms with van der Waals surface area (Å²) < 4.78 is 12.6. The van der Waals surface area contributed by atoms with E-state index in [1.807, 2.05) is 43.3 Å². The van der Waals surface area contributed by atoms with Gasteiger partial charge < -0.3 is 14.8 Å². The fraction of sp³-hybridized carbons (Fsp3) is 0.273. The van der Waals surface area contributed by atoms with Gasteiger partial charge in [0.25, 0.3) is 0 Å². The standard InChI is InChI=1S/C22H22ClN3O3/c1-12-11-26-18(15-9-20(29-4)19(28-3)8-14(12)15)10-21(25-22(26)27)24-17-7-5-6-16(23)13(17)2/h5-10,12H,11H2,1-4H3,(H,24,25,27). The molecule has 29 heavy (non-hydrogen) atoms. The molecular weight excluding hydrogens is 390 g/mol. The van der Waals surface area contributed by atoms with Crippen molar-refractivity contribution in [2.75, 3.05) is 19.5 Å². The Balaban J connectivity index is 1.86. The Kier molecular flexibility index (Phi) is 4.96. The first-order valence-corrected chi connectivity index (χ1v) is 9.71. The van der Waals surface area contributed by atoms with Gasteiger partial charge in [-0.2, -0.15) is 4.98 Å². The molecule has 0 aliphatic carbocycles.